The molecule has 0 spiro atoms. The number of carbonyl (C=O) groups is 2. The number of likely N-dealkylation sites (tertiary alicyclic amines) is 1. The lowest BCUT2D eigenvalue weighted by atomic mass is 9.81. The van der Waals surface area contributed by atoms with Gasteiger partial charge in [-0.3, -0.25) is 4.79 Å². The van der Waals surface area contributed by atoms with Gasteiger partial charge >= 0.3 is 6.03 Å². The van der Waals surface area contributed by atoms with Gasteiger partial charge < -0.3 is 20.3 Å². The number of anilines is 1. The number of piperidine rings is 1. The minimum atomic E-state index is -0.716. The van der Waals surface area contributed by atoms with E-state index in [9.17, 15) is 14.0 Å². The Hall–Kier alpha value is -2.61. The van der Waals surface area contributed by atoms with E-state index in [-0.39, 0.29) is 18.1 Å². The van der Waals surface area contributed by atoms with Crippen LogP contribution in [0, 0.1) is 11.2 Å². The van der Waals surface area contributed by atoms with Crippen molar-refractivity contribution in [1.82, 2.24) is 10.2 Å². The molecule has 2 aromatic carbocycles. The van der Waals surface area contributed by atoms with E-state index in [2.05, 4.69) is 26.6 Å². The summed E-state index contributed by atoms with van der Waals surface area (Å²) in [6.07, 6.45) is 1.37. The summed E-state index contributed by atoms with van der Waals surface area (Å²) in [5.41, 5.74) is 0.326. The molecule has 0 unspecified atom stereocenters. The number of urea groups is 1. The van der Waals surface area contributed by atoms with Crippen molar-refractivity contribution in [2.75, 3.05) is 25.5 Å². The second kappa shape index (κ2) is 9.47. The lowest BCUT2D eigenvalue weighted by molar-refractivity contribution is -0.132. The molecule has 0 radical (unpaired) electrons. The minimum absolute atomic E-state index is 0.109. The Morgan fingerprint density at radius 3 is 2.80 bits per heavy atom. The zero-order valence-corrected chi connectivity index (χ0v) is 18.6. The van der Waals surface area contributed by atoms with Crippen LogP contribution in [0.25, 0.3) is 0 Å². The van der Waals surface area contributed by atoms with Gasteiger partial charge in [0.25, 0.3) is 0 Å². The highest BCUT2D eigenvalue weighted by Crippen LogP contribution is 2.30. The number of methoxy groups -OCH3 is 1. The monoisotopic (exact) mass is 477 g/mol. The fourth-order valence-corrected chi connectivity index (χ4v) is 3.89. The van der Waals surface area contributed by atoms with E-state index in [1.54, 1.807) is 18.1 Å². The standard InChI is InChI=1S/C22H25BrFN3O3/c1-22(20(28)25-13-15-5-3-6-17(11-15)30-2)9-4-10-27(14-22)21(29)26-19-8-7-16(23)12-18(19)24/h3,5-8,11-12H,4,9-10,13-14H2,1-2H3,(H,25,28)(H,26,29)/t22-/m0/s1. The van der Waals surface area contributed by atoms with Crippen molar-refractivity contribution < 1.29 is 18.7 Å². The van der Waals surface area contributed by atoms with Gasteiger partial charge in [-0.1, -0.05) is 28.1 Å². The molecule has 1 fully saturated rings. The summed E-state index contributed by atoms with van der Waals surface area (Å²) in [6.45, 7) is 3.01. The van der Waals surface area contributed by atoms with Crippen LogP contribution in [0.3, 0.4) is 0 Å². The fraction of sp³-hybridized carbons (Fsp3) is 0.364. The van der Waals surface area contributed by atoms with Gasteiger partial charge in [0.1, 0.15) is 11.6 Å². The summed E-state index contributed by atoms with van der Waals surface area (Å²) in [5.74, 6) is 0.0971. The summed E-state index contributed by atoms with van der Waals surface area (Å²) in [5, 5.41) is 5.57. The maximum atomic E-state index is 14.0. The first-order valence-electron chi connectivity index (χ1n) is 9.73. The van der Waals surface area contributed by atoms with Crippen molar-refractivity contribution in [1.29, 1.82) is 0 Å². The number of halogens is 2. The number of carbonyl (C=O) groups excluding carboxylic acids is 2. The molecule has 2 N–H and O–H groups in total. The molecule has 1 aliphatic heterocycles. The quantitative estimate of drug-likeness (QED) is 0.663. The predicted molar refractivity (Wildman–Crippen MR) is 117 cm³/mol. The largest absolute Gasteiger partial charge is 0.497 e. The van der Waals surface area contributed by atoms with Crippen molar-refractivity contribution in [3.05, 3.63) is 58.3 Å². The topological polar surface area (TPSA) is 70.7 Å². The maximum absolute atomic E-state index is 14.0. The first-order chi connectivity index (χ1) is 14.3. The van der Waals surface area contributed by atoms with E-state index in [0.29, 0.717) is 30.4 Å². The third kappa shape index (κ3) is 5.30. The molecule has 0 aliphatic carbocycles. The molecule has 0 aromatic heterocycles. The molecular weight excluding hydrogens is 453 g/mol. The molecule has 3 rings (SSSR count). The second-order valence-electron chi connectivity index (χ2n) is 7.67. The van der Waals surface area contributed by atoms with E-state index in [1.165, 1.54) is 12.1 Å². The van der Waals surface area contributed by atoms with Gasteiger partial charge in [-0.2, -0.15) is 0 Å². The number of nitrogens with zero attached hydrogens (tertiary/aromatic N) is 1. The van der Waals surface area contributed by atoms with Crippen LogP contribution in [0.1, 0.15) is 25.3 Å². The van der Waals surface area contributed by atoms with E-state index in [1.807, 2.05) is 31.2 Å². The van der Waals surface area contributed by atoms with Gasteiger partial charge in [0.2, 0.25) is 5.91 Å². The average Bonchev–Trinajstić information content (AvgIpc) is 2.74. The van der Waals surface area contributed by atoms with Crippen molar-refractivity contribution >= 4 is 33.6 Å². The van der Waals surface area contributed by atoms with Gasteiger partial charge in [-0.05, 0) is 55.7 Å². The Labute approximate surface area is 183 Å². The Morgan fingerprint density at radius 2 is 2.07 bits per heavy atom. The minimum Gasteiger partial charge on any atom is -0.497 e. The van der Waals surface area contributed by atoms with Crippen LogP contribution in [0.2, 0.25) is 0 Å². The van der Waals surface area contributed by atoms with Crippen LogP contribution in [0.15, 0.2) is 46.9 Å². The zero-order valence-electron chi connectivity index (χ0n) is 17.0. The molecule has 0 saturated carbocycles. The molecule has 1 aliphatic rings. The fourth-order valence-electron chi connectivity index (χ4n) is 3.56. The van der Waals surface area contributed by atoms with E-state index >= 15 is 0 Å². The van der Waals surface area contributed by atoms with Gasteiger partial charge in [-0.25, -0.2) is 9.18 Å². The molecule has 1 atom stereocenters. The third-order valence-electron chi connectivity index (χ3n) is 5.29. The number of hydrogen-bond donors (Lipinski definition) is 2. The van der Waals surface area contributed by atoms with Crippen molar-refractivity contribution in [3.8, 4) is 5.75 Å². The highest BCUT2D eigenvalue weighted by Gasteiger charge is 2.39. The molecule has 1 saturated heterocycles. The van der Waals surface area contributed by atoms with Crippen molar-refractivity contribution in [2.45, 2.75) is 26.3 Å². The normalized spacial score (nSPS) is 18.6. The Balaban J connectivity index is 1.61. The second-order valence-corrected chi connectivity index (χ2v) is 8.59. The van der Waals surface area contributed by atoms with Gasteiger partial charge in [0, 0.05) is 24.1 Å². The van der Waals surface area contributed by atoms with E-state index < -0.39 is 17.3 Å². The van der Waals surface area contributed by atoms with Gasteiger partial charge in [-0.15, -0.1) is 0 Å². The van der Waals surface area contributed by atoms with Crippen LogP contribution < -0.4 is 15.4 Å². The zero-order chi connectivity index (χ0) is 21.7. The number of nitrogens with one attached hydrogen (secondary N) is 2. The average molecular weight is 478 g/mol. The lowest BCUT2D eigenvalue weighted by Crippen LogP contribution is -2.52. The van der Waals surface area contributed by atoms with Crippen molar-refractivity contribution in [3.63, 3.8) is 0 Å². The van der Waals surface area contributed by atoms with Gasteiger partial charge in [0.15, 0.2) is 0 Å². The molecule has 160 valence electrons. The molecule has 1 heterocycles. The SMILES string of the molecule is COc1cccc(CNC(=O)[C@@]2(C)CCCN(C(=O)Nc3ccc(Br)cc3F)C2)c1. The van der Waals surface area contributed by atoms with E-state index in [0.717, 1.165) is 11.3 Å². The smallest absolute Gasteiger partial charge is 0.321 e. The number of hydrogen-bond acceptors (Lipinski definition) is 3. The number of amides is 3. The third-order valence-corrected chi connectivity index (χ3v) is 5.79. The summed E-state index contributed by atoms with van der Waals surface area (Å²) >= 11 is 3.19. The summed E-state index contributed by atoms with van der Waals surface area (Å²) < 4.78 is 19.8. The van der Waals surface area contributed by atoms with Crippen LogP contribution in [0.5, 0.6) is 5.75 Å². The van der Waals surface area contributed by atoms with Crippen LogP contribution in [0.4, 0.5) is 14.9 Å². The Kier molecular flexibility index (Phi) is 6.97. The summed E-state index contributed by atoms with van der Waals surface area (Å²) in [4.78, 5) is 27.1. The summed E-state index contributed by atoms with van der Waals surface area (Å²) in [6, 6.07) is 11.5. The van der Waals surface area contributed by atoms with Crippen molar-refractivity contribution in [2.24, 2.45) is 5.41 Å². The Bertz CT molecular complexity index is 940. The highest BCUT2D eigenvalue weighted by atomic mass is 79.9. The molecular formula is C22H25BrFN3O3. The number of ether oxygens (including phenoxy) is 1. The molecule has 6 nitrogen and oxygen atoms in total. The van der Waals surface area contributed by atoms with Crippen LogP contribution in [-0.4, -0.2) is 37.0 Å². The lowest BCUT2D eigenvalue weighted by Gasteiger charge is -2.39. The number of benzene rings is 2. The van der Waals surface area contributed by atoms with Crippen LogP contribution in [-0.2, 0) is 11.3 Å². The van der Waals surface area contributed by atoms with Gasteiger partial charge in [0.05, 0.1) is 18.2 Å². The number of rotatable bonds is 5. The molecule has 3 amide bonds. The molecule has 0 bridgehead atoms. The molecule has 30 heavy (non-hydrogen) atoms. The van der Waals surface area contributed by atoms with Crippen LogP contribution >= 0.6 is 15.9 Å². The predicted octanol–water partition coefficient (Wildman–Crippen LogP) is 4.55. The molecule has 8 heteroatoms. The molecule has 2 aromatic rings. The summed E-state index contributed by atoms with van der Waals surface area (Å²) in [7, 11) is 1.60. The highest BCUT2D eigenvalue weighted by molar-refractivity contribution is 9.10. The first-order valence-corrected chi connectivity index (χ1v) is 10.5. The maximum Gasteiger partial charge on any atom is 0.321 e. The Morgan fingerprint density at radius 1 is 1.27 bits per heavy atom. The first kappa shape index (κ1) is 22.1. The van der Waals surface area contributed by atoms with E-state index in [4.69, 9.17) is 4.74 Å².